The first-order valence-electron chi connectivity index (χ1n) is 9.59. The Kier molecular flexibility index (Phi) is 6.82. The van der Waals surface area contributed by atoms with Gasteiger partial charge in [0, 0.05) is 70.0 Å². The van der Waals surface area contributed by atoms with Gasteiger partial charge in [0.05, 0.1) is 13.2 Å². The van der Waals surface area contributed by atoms with E-state index < -0.39 is 0 Å². The fraction of sp³-hybridized carbons (Fsp3) is 0.684. The molecule has 1 N–H and O–H groups in total. The van der Waals surface area contributed by atoms with Gasteiger partial charge in [0.1, 0.15) is 5.82 Å². The molecule has 2 fully saturated rings. The first-order chi connectivity index (χ1) is 12.6. The molecule has 3 rings (SSSR count). The van der Waals surface area contributed by atoms with Crippen LogP contribution >= 0.6 is 0 Å². The van der Waals surface area contributed by atoms with E-state index in [4.69, 9.17) is 4.74 Å². The maximum absolute atomic E-state index is 12.4. The van der Waals surface area contributed by atoms with E-state index in [9.17, 15) is 4.79 Å². The lowest BCUT2D eigenvalue weighted by atomic mass is 10.1. The number of nitrogens with one attached hydrogen (secondary N) is 1. The van der Waals surface area contributed by atoms with E-state index in [0.717, 1.165) is 63.9 Å². The van der Waals surface area contributed by atoms with Crippen molar-refractivity contribution in [3.05, 3.63) is 23.9 Å². The largest absolute Gasteiger partial charge is 0.379 e. The molecule has 1 aromatic rings. The molecule has 26 heavy (non-hydrogen) atoms. The van der Waals surface area contributed by atoms with Crippen molar-refractivity contribution in [2.24, 2.45) is 0 Å². The lowest BCUT2D eigenvalue weighted by Crippen LogP contribution is -2.45. The zero-order valence-corrected chi connectivity index (χ0v) is 16.0. The van der Waals surface area contributed by atoms with Crippen LogP contribution in [0.4, 0.5) is 5.82 Å². The van der Waals surface area contributed by atoms with Gasteiger partial charge in [-0.25, -0.2) is 4.98 Å². The van der Waals surface area contributed by atoms with Crippen LogP contribution in [0.3, 0.4) is 0 Å². The molecule has 7 nitrogen and oxygen atoms in total. The Balaban J connectivity index is 1.51. The summed E-state index contributed by atoms with van der Waals surface area (Å²) in [4.78, 5) is 23.9. The van der Waals surface area contributed by atoms with Gasteiger partial charge in [-0.3, -0.25) is 9.69 Å². The molecular formula is C19H31N5O2. The Morgan fingerprint density at radius 3 is 2.69 bits per heavy atom. The van der Waals surface area contributed by atoms with Crippen molar-refractivity contribution >= 4 is 11.7 Å². The van der Waals surface area contributed by atoms with E-state index in [1.807, 2.05) is 12.3 Å². The summed E-state index contributed by atoms with van der Waals surface area (Å²) < 4.78 is 5.38. The number of amides is 1. The lowest BCUT2D eigenvalue weighted by molar-refractivity contribution is -0.122. The number of hydrogen-bond donors (Lipinski definition) is 1. The second-order valence-electron chi connectivity index (χ2n) is 7.25. The van der Waals surface area contributed by atoms with Gasteiger partial charge in [-0.05, 0) is 20.0 Å². The maximum Gasteiger partial charge on any atom is 0.221 e. The van der Waals surface area contributed by atoms with Crippen LogP contribution in [-0.4, -0.2) is 86.3 Å². The van der Waals surface area contributed by atoms with Gasteiger partial charge in [-0.2, -0.15) is 0 Å². The normalized spacial score (nSPS) is 20.8. The van der Waals surface area contributed by atoms with Crippen molar-refractivity contribution in [1.29, 1.82) is 0 Å². The molecule has 1 amide bonds. The van der Waals surface area contributed by atoms with Crippen LogP contribution in [0.15, 0.2) is 18.3 Å². The smallest absolute Gasteiger partial charge is 0.221 e. The number of ether oxygens (including phenoxy) is 1. The number of rotatable bonds is 6. The summed E-state index contributed by atoms with van der Waals surface area (Å²) in [6.07, 6.45) is 2.35. The topological polar surface area (TPSA) is 60.9 Å². The van der Waals surface area contributed by atoms with Gasteiger partial charge in [-0.1, -0.05) is 6.07 Å². The van der Waals surface area contributed by atoms with Crippen molar-refractivity contribution in [3.63, 3.8) is 0 Å². The fourth-order valence-corrected chi connectivity index (χ4v) is 3.55. The van der Waals surface area contributed by atoms with Crippen LogP contribution in [0, 0.1) is 0 Å². The Bertz CT molecular complexity index is 583. The molecule has 0 radical (unpaired) electrons. The van der Waals surface area contributed by atoms with E-state index >= 15 is 0 Å². The maximum atomic E-state index is 12.4. The summed E-state index contributed by atoms with van der Waals surface area (Å²) in [7, 11) is 2.15. The highest BCUT2D eigenvalue weighted by atomic mass is 16.5. The minimum Gasteiger partial charge on any atom is -0.379 e. The number of aromatic nitrogens is 1. The molecule has 0 bridgehead atoms. The highest BCUT2D eigenvalue weighted by molar-refractivity contribution is 5.76. The van der Waals surface area contributed by atoms with Crippen LogP contribution in [-0.2, 0) is 16.1 Å². The van der Waals surface area contributed by atoms with Crippen LogP contribution in [0.25, 0.3) is 0 Å². The van der Waals surface area contributed by atoms with E-state index in [-0.39, 0.29) is 11.9 Å². The van der Waals surface area contributed by atoms with Gasteiger partial charge < -0.3 is 19.9 Å². The van der Waals surface area contributed by atoms with Crippen LogP contribution < -0.4 is 10.2 Å². The molecule has 144 valence electrons. The predicted molar refractivity (Wildman–Crippen MR) is 102 cm³/mol. The molecule has 2 aliphatic heterocycles. The number of nitrogens with zero attached hydrogens (tertiary/aromatic N) is 4. The number of carbonyl (C=O) groups excluding carboxylic acids is 1. The standard InChI is InChI=1S/C19H31N5O2/c1-16(23-10-12-26-13-11-23)14-18(25)21-15-17-4-3-5-20-19(17)24-8-6-22(2)7-9-24/h3-5,16H,6-15H2,1-2H3,(H,21,25). The quantitative estimate of drug-likeness (QED) is 0.799. The summed E-state index contributed by atoms with van der Waals surface area (Å²) in [5, 5.41) is 3.08. The molecular weight excluding hydrogens is 330 g/mol. The Morgan fingerprint density at radius 1 is 1.23 bits per heavy atom. The third-order valence-electron chi connectivity index (χ3n) is 5.30. The molecule has 0 aromatic carbocycles. The number of likely N-dealkylation sites (N-methyl/N-ethyl adjacent to an activating group) is 1. The molecule has 3 heterocycles. The molecule has 2 aliphatic rings. The molecule has 0 saturated carbocycles. The number of pyridine rings is 1. The molecule has 2 saturated heterocycles. The zero-order valence-electron chi connectivity index (χ0n) is 16.0. The van der Waals surface area contributed by atoms with E-state index in [1.165, 1.54) is 0 Å². The van der Waals surface area contributed by atoms with Crippen LogP contribution in [0.2, 0.25) is 0 Å². The second kappa shape index (κ2) is 9.30. The van der Waals surface area contributed by atoms with Gasteiger partial charge >= 0.3 is 0 Å². The summed E-state index contributed by atoms with van der Waals surface area (Å²) in [6, 6.07) is 4.24. The Hall–Kier alpha value is -1.70. The summed E-state index contributed by atoms with van der Waals surface area (Å²) in [5.74, 6) is 1.10. The van der Waals surface area contributed by atoms with Crippen molar-refractivity contribution in [3.8, 4) is 0 Å². The number of piperazine rings is 1. The third-order valence-corrected chi connectivity index (χ3v) is 5.30. The first kappa shape index (κ1) is 19.1. The van der Waals surface area contributed by atoms with Gasteiger partial charge in [0.2, 0.25) is 5.91 Å². The van der Waals surface area contributed by atoms with E-state index in [2.05, 4.69) is 45.0 Å². The van der Waals surface area contributed by atoms with Crippen molar-refractivity contribution in [2.75, 3.05) is 64.4 Å². The van der Waals surface area contributed by atoms with Crippen molar-refractivity contribution < 1.29 is 9.53 Å². The minimum absolute atomic E-state index is 0.0946. The van der Waals surface area contributed by atoms with Gasteiger partial charge in [-0.15, -0.1) is 0 Å². The average molecular weight is 361 g/mol. The molecule has 0 spiro atoms. The SMILES string of the molecule is CC(CC(=O)NCc1cccnc1N1CCN(C)CC1)N1CCOCC1. The monoisotopic (exact) mass is 361 g/mol. The fourth-order valence-electron chi connectivity index (χ4n) is 3.55. The van der Waals surface area contributed by atoms with E-state index in [0.29, 0.717) is 13.0 Å². The number of carbonyl (C=O) groups is 1. The molecule has 7 heteroatoms. The molecule has 1 atom stereocenters. The minimum atomic E-state index is 0.0946. The zero-order chi connectivity index (χ0) is 18.4. The lowest BCUT2D eigenvalue weighted by Gasteiger charge is -2.34. The number of hydrogen-bond acceptors (Lipinski definition) is 6. The molecule has 1 unspecified atom stereocenters. The highest BCUT2D eigenvalue weighted by Gasteiger charge is 2.21. The number of morpholine rings is 1. The van der Waals surface area contributed by atoms with Crippen molar-refractivity contribution in [1.82, 2.24) is 20.1 Å². The Morgan fingerprint density at radius 2 is 1.96 bits per heavy atom. The molecule has 0 aliphatic carbocycles. The summed E-state index contributed by atoms with van der Waals surface area (Å²) in [5.41, 5.74) is 1.09. The van der Waals surface area contributed by atoms with Crippen LogP contribution in [0.5, 0.6) is 0 Å². The van der Waals surface area contributed by atoms with E-state index in [1.54, 1.807) is 0 Å². The van der Waals surface area contributed by atoms with Gasteiger partial charge in [0.25, 0.3) is 0 Å². The average Bonchev–Trinajstić information content (AvgIpc) is 2.68. The predicted octanol–water partition coefficient (Wildman–Crippen LogP) is 0.560. The molecule has 1 aromatic heterocycles. The summed E-state index contributed by atoms with van der Waals surface area (Å²) in [6.45, 7) is 10.0. The second-order valence-corrected chi connectivity index (χ2v) is 7.25. The highest BCUT2D eigenvalue weighted by Crippen LogP contribution is 2.18. The Labute approximate surface area is 156 Å². The third kappa shape index (κ3) is 5.16. The summed E-state index contributed by atoms with van der Waals surface area (Å²) >= 11 is 0. The van der Waals surface area contributed by atoms with Crippen LogP contribution in [0.1, 0.15) is 18.9 Å². The van der Waals surface area contributed by atoms with Gasteiger partial charge in [0.15, 0.2) is 0 Å². The number of anilines is 1. The first-order valence-corrected chi connectivity index (χ1v) is 9.59. The van der Waals surface area contributed by atoms with Crippen molar-refractivity contribution in [2.45, 2.75) is 25.9 Å².